The highest BCUT2D eigenvalue weighted by atomic mass is 16.6. The third-order valence-electron chi connectivity index (χ3n) is 3.44. The van der Waals surface area contributed by atoms with Crippen LogP contribution >= 0.6 is 0 Å². The van der Waals surface area contributed by atoms with E-state index in [9.17, 15) is 0 Å². The number of aromatic nitrogens is 1. The minimum absolute atomic E-state index is 0.606. The Labute approximate surface area is 119 Å². The van der Waals surface area contributed by atoms with Crippen LogP contribution in [0.1, 0.15) is 20.3 Å². The summed E-state index contributed by atoms with van der Waals surface area (Å²) in [4.78, 5) is 4.45. The Bertz CT molecular complexity index is 611. The Balaban J connectivity index is 1.92. The summed E-state index contributed by atoms with van der Waals surface area (Å²) >= 11 is 0. The monoisotopic (exact) mass is 272 g/mol. The van der Waals surface area contributed by atoms with Crippen LogP contribution in [-0.2, 0) is 0 Å². The van der Waals surface area contributed by atoms with Crippen LogP contribution in [0.2, 0.25) is 0 Å². The van der Waals surface area contributed by atoms with Crippen LogP contribution in [0.15, 0.2) is 24.4 Å². The van der Waals surface area contributed by atoms with Gasteiger partial charge in [-0.1, -0.05) is 13.8 Å². The number of benzene rings is 1. The molecule has 0 bridgehead atoms. The van der Waals surface area contributed by atoms with Gasteiger partial charge in [0.15, 0.2) is 11.5 Å². The fourth-order valence-corrected chi connectivity index (χ4v) is 2.33. The second-order valence-corrected chi connectivity index (χ2v) is 5.49. The molecule has 1 N–H and O–H groups in total. The first-order valence-corrected chi connectivity index (χ1v) is 7.16. The van der Waals surface area contributed by atoms with Crippen molar-refractivity contribution in [1.82, 2.24) is 4.98 Å². The van der Waals surface area contributed by atoms with Crippen LogP contribution in [0.25, 0.3) is 10.8 Å². The van der Waals surface area contributed by atoms with E-state index >= 15 is 0 Å². The van der Waals surface area contributed by atoms with Gasteiger partial charge in [-0.2, -0.15) is 0 Å². The Hall–Kier alpha value is -1.97. The highest BCUT2D eigenvalue weighted by Crippen LogP contribution is 2.36. The quantitative estimate of drug-likeness (QED) is 0.925. The lowest BCUT2D eigenvalue weighted by atomic mass is 10.1. The van der Waals surface area contributed by atoms with Crippen LogP contribution < -0.4 is 14.8 Å². The van der Waals surface area contributed by atoms with E-state index in [4.69, 9.17) is 9.47 Å². The molecule has 1 aromatic carbocycles. The molecule has 0 radical (unpaired) electrons. The SMILES string of the molecule is CC(C)CCNc1nccc2cc3c(cc12)OCCO3. The average Bonchev–Trinajstić information content (AvgIpc) is 2.45. The van der Waals surface area contributed by atoms with Crippen molar-refractivity contribution < 1.29 is 9.47 Å². The van der Waals surface area contributed by atoms with Crippen molar-refractivity contribution in [3.63, 3.8) is 0 Å². The van der Waals surface area contributed by atoms with Gasteiger partial charge >= 0.3 is 0 Å². The maximum atomic E-state index is 5.65. The predicted octanol–water partition coefficient (Wildman–Crippen LogP) is 3.46. The van der Waals surface area contributed by atoms with Gasteiger partial charge in [0.25, 0.3) is 0 Å². The minimum atomic E-state index is 0.606. The molecule has 0 amide bonds. The molecular weight excluding hydrogens is 252 g/mol. The molecule has 1 aromatic heterocycles. The second kappa shape index (κ2) is 5.57. The van der Waals surface area contributed by atoms with Crippen molar-refractivity contribution >= 4 is 16.6 Å². The molecule has 0 saturated heterocycles. The number of hydrogen-bond donors (Lipinski definition) is 1. The topological polar surface area (TPSA) is 43.4 Å². The molecule has 0 aliphatic carbocycles. The standard InChI is InChI=1S/C16H20N2O2/c1-11(2)3-5-17-16-13-10-15-14(19-7-8-20-15)9-12(13)4-6-18-16/h4,6,9-11H,3,5,7-8H2,1-2H3,(H,17,18). The van der Waals surface area contributed by atoms with Crippen LogP contribution in [0.5, 0.6) is 11.5 Å². The lowest BCUT2D eigenvalue weighted by Gasteiger charge is -2.19. The molecule has 3 rings (SSSR count). The van der Waals surface area contributed by atoms with E-state index in [2.05, 4.69) is 24.1 Å². The lowest BCUT2D eigenvalue weighted by Crippen LogP contribution is -2.15. The summed E-state index contributed by atoms with van der Waals surface area (Å²) in [6.45, 7) is 6.59. The van der Waals surface area contributed by atoms with E-state index in [1.54, 1.807) is 0 Å². The van der Waals surface area contributed by atoms with Gasteiger partial charge in [0, 0.05) is 18.1 Å². The van der Waals surface area contributed by atoms with Crippen LogP contribution in [0.4, 0.5) is 5.82 Å². The molecule has 2 aromatic rings. The van der Waals surface area contributed by atoms with E-state index in [1.165, 1.54) is 0 Å². The van der Waals surface area contributed by atoms with Gasteiger partial charge < -0.3 is 14.8 Å². The highest BCUT2D eigenvalue weighted by molar-refractivity contribution is 5.94. The van der Waals surface area contributed by atoms with Crippen molar-refractivity contribution in [3.05, 3.63) is 24.4 Å². The van der Waals surface area contributed by atoms with E-state index < -0.39 is 0 Å². The third kappa shape index (κ3) is 2.64. The first-order chi connectivity index (χ1) is 9.74. The molecule has 0 unspecified atom stereocenters. The Kier molecular flexibility index (Phi) is 3.63. The van der Waals surface area contributed by atoms with Gasteiger partial charge in [-0.05, 0) is 35.9 Å². The zero-order valence-electron chi connectivity index (χ0n) is 12.0. The lowest BCUT2D eigenvalue weighted by molar-refractivity contribution is 0.172. The van der Waals surface area contributed by atoms with E-state index in [1.807, 2.05) is 24.4 Å². The van der Waals surface area contributed by atoms with E-state index in [-0.39, 0.29) is 0 Å². The normalized spacial score (nSPS) is 13.8. The summed E-state index contributed by atoms with van der Waals surface area (Å²) in [5.41, 5.74) is 0. The van der Waals surface area contributed by atoms with Crippen molar-refractivity contribution in [2.75, 3.05) is 25.1 Å². The maximum absolute atomic E-state index is 5.65. The smallest absolute Gasteiger partial charge is 0.162 e. The van der Waals surface area contributed by atoms with Crippen molar-refractivity contribution in [3.8, 4) is 11.5 Å². The van der Waals surface area contributed by atoms with Crippen LogP contribution in [0, 0.1) is 5.92 Å². The maximum Gasteiger partial charge on any atom is 0.162 e. The first kappa shape index (κ1) is 13.0. The molecule has 4 nitrogen and oxygen atoms in total. The second-order valence-electron chi connectivity index (χ2n) is 5.49. The van der Waals surface area contributed by atoms with Crippen molar-refractivity contribution in [2.24, 2.45) is 5.92 Å². The summed E-state index contributed by atoms with van der Waals surface area (Å²) in [6, 6.07) is 6.05. The third-order valence-corrected chi connectivity index (χ3v) is 3.44. The number of hydrogen-bond acceptors (Lipinski definition) is 4. The largest absolute Gasteiger partial charge is 0.486 e. The van der Waals surface area contributed by atoms with Gasteiger partial charge in [-0.25, -0.2) is 4.98 Å². The van der Waals surface area contributed by atoms with Crippen molar-refractivity contribution in [2.45, 2.75) is 20.3 Å². The summed E-state index contributed by atoms with van der Waals surface area (Å²) < 4.78 is 11.3. The first-order valence-electron chi connectivity index (χ1n) is 7.16. The fourth-order valence-electron chi connectivity index (χ4n) is 2.33. The number of pyridine rings is 1. The number of nitrogens with zero attached hydrogens (tertiary/aromatic N) is 1. The number of nitrogens with one attached hydrogen (secondary N) is 1. The Morgan fingerprint density at radius 2 is 1.95 bits per heavy atom. The molecule has 0 fully saturated rings. The van der Waals surface area contributed by atoms with E-state index in [0.717, 1.165) is 41.1 Å². The molecule has 20 heavy (non-hydrogen) atoms. The van der Waals surface area contributed by atoms with Gasteiger partial charge in [0.1, 0.15) is 19.0 Å². The molecule has 106 valence electrons. The molecule has 4 heteroatoms. The number of fused-ring (bicyclic) bond motifs is 2. The Morgan fingerprint density at radius 1 is 1.20 bits per heavy atom. The number of anilines is 1. The van der Waals surface area contributed by atoms with Crippen molar-refractivity contribution in [1.29, 1.82) is 0 Å². The molecule has 0 saturated carbocycles. The predicted molar refractivity (Wildman–Crippen MR) is 80.7 cm³/mol. The van der Waals surface area contributed by atoms with Crippen LogP contribution in [-0.4, -0.2) is 24.7 Å². The number of rotatable bonds is 4. The zero-order chi connectivity index (χ0) is 13.9. The van der Waals surface area contributed by atoms with E-state index in [0.29, 0.717) is 19.1 Å². The molecule has 0 atom stereocenters. The summed E-state index contributed by atoms with van der Waals surface area (Å²) in [5.74, 6) is 3.23. The van der Waals surface area contributed by atoms with Crippen LogP contribution in [0.3, 0.4) is 0 Å². The molecule has 0 spiro atoms. The highest BCUT2D eigenvalue weighted by Gasteiger charge is 2.14. The Morgan fingerprint density at radius 3 is 2.70 bits per heavy atom. The minimum Gasteiger partial charge on any atom is -0.486 e. The van der Waals surface area contributed by atoms with Gasteiger partial charge in [0.05, 0.1) is 0 Å². The average molecular weight is 272 g/mol. The summed E-state index contributed by atoms with van der Waals surface area (Å²) in [5, 5.41) is 5.62. The summed E-state index contributed by atoms with van der Waals surface area (Å²) in [7, 11) is 0. The van der Waals surface area contributed by atoms with Gasteiger partial charge in [0.2, 0.25) is 0 Å². The fraction of sp³-hybridized carbons (Fsp3) is 0.438. The molecule has 1 aliphatic heterocycles. The number of ether oxygens (including phenoxy) is 2. The summed E-state index contributed by atoms with van der Waals surface area (Å²) in [6.07, 6.45) is 2.96. The van der Waals surface area contributed by atoms with Gasteiger partial charge in [-0.15, -0.1) is 0 Å². The van der Waals surface area contributed by atoms with Gasteiger partial charge in [-0.3, -0.25) is 0 Å². The molecular formula is C16H20N2O2. The molecule has 1 aliphatic rings. The molecule has 2 heterocycles. The zero-order valence-corrected chi connectivity index (χ0v) is 12.0.